The zero-order valence-electron chi connectivity index (χ0n) is 18.2. The zero-order valence-corrected chi connectivity index (χ0v) is 20.6. The predicted octanol–water partition coefficient (Wildman–Crippen LogP) is 1.43. The van der Waals surface area contributed by atoms with Crippen molar-refractivity contribution in [1.82, 2.24) is 25.8 Å². The minimum Gasteiger partial charge on any atom is -0.464 e. The average molecular weight is 502 g/mol. The molecule has 2 aromatic heterocycles. The highest BCUT2D eigenvalue weighted by Crippen LogP contribution is 2.16. The third-order valence-electron chi connectivity index (χ3n) is 4.13. The van der Waals surface area contributed by atoms with Crippen LogP contribution >= 0.6 is 23.5 Å². The quantitative estimate of drug-likeness (QED) is 0.408. The van der Waals surface area contributed by atoms with Gasteiger partial charge in [0, 0.05) is 30.3 Å². The van der Waals surface area contributed by atoms with E-state index < -0.39 is 10.2 Å². The number of amidine groups is 2. The maximum absolute atomic E-state index is 11.8. The lowest BCUT2D eigenvalue weighted by Crippen LogP contribution is -2.40. The fourth-order valence-electron chi connectivity index (χ4n) is 2.67. The van der Waals surface area contributed by atoms with E-state index in [0.29, 0.717) is 18.8 Å². The minimum atomic E-state index is -3.83. The smallest absolute Gasteiger partial charge is 0.367 e. The van der Waals surface area contributed by atoms with E-state index in [1.54, 1.807) is 23.5 Å². The molecule has 0 spiro atoms. The minimum absolute atomic E-state index is 0.245. The topological polar surface area (TPSA) is 138 Å². The highest BCUT2D eigenvalue weighted by atomic mass is 32.2. The van der Waals surface area contributed by atoms with Crippen LogP contribution in [0.5, 0.6) is 0 Å². The number of nitrogens with zero attached hydrogens (tertiary/aromatic N) is 5. The predicted molar refractivity (Wildman–Crippen MR) is 127 cm³/mol. The molecule has 0 radical (unpaired) electrons. The molecule has 2 aromatic rings. The number of nitrogens with one attached hydrogen (secondary N) is 2. The van der Waals surface area contributed by atoms with Gasteiger partial charge in [-0.15, -0.1) is 8.80 Å². The summed E-state index contributed by atoms with van der Waals surface area (Å²) in [4.78, 5) is 2.05. The molecule has 2 N–H and O–H groups in total. The maximum Gasteiger partial charge on any atom is 0.367 e. The molecular weight excluding hydrogens is 474 g/mol. The highest BCUT2D eigenvalue weighted by molar-refractivity contribution is 7.98. The van der Waals surface area contributed by atoms with Crippen molar-refractivity contribution in [2.24, 2.45) is 8.80 Å². The molecule has 14 heteroatoms. The molecule has 0 bridgehead atoms. The number of furan rings is 1. The van der Waals surface area contributed by atoms with Crippen LogP contribution in [0.4, 0.5) is 0 Å². The summed E-state index contributed by atoms with van der Waals surface area (Å²) in [6.45, 7) is 3.70. The normalized spacial score (nSPS) is 15.1. The Bertz CT molecular complexity index is 1050. The molecule has 0 unspecified atom stereocenters. The van der Waals surface area contributed by atoms with Gasteiger partial charge in [-0.2, -0.15) is 31.9 Å². The lowest BCUT2D eigenvalue weighted by molar-refractivity contribution is 0.302. The van der Waals surface area contributed by atoms with E-state index in [2.05, 4.69) is 39.3 Å². The molecule has 11 nitrogen and oxygen atoms in total. The molecule has 32 heavy (non-hydrogen) atoms. The fourth-order valence-corrected chi connectivity index (χ4v) is 5.07. The summed E-state index contributed by atoms with van der Waals surface area (Å²) in [5.41, 5.74) is 1.58. The summed E-state index contributed by atoms with van der Waals surface area (Å²) in [7, 11) is 0.161. The van der Waals surface area contributed by atoms with Crippen molar-refractivity contribution < 1.29 is 17.5 Å². The standard InChI is InChI=1S/C18H27N7O4S3/c1-13-16(22-29-21-13)12-31-9-7-20-18-17(23-32(26,27)24-18)19-6-8-30-11-15-5-4-14(28-15)10-25(2)3/h4-5H,6-12H2,1-3H3,(H,19,23)(H,20,24). The number of hydrogen-bond donors (Lipinski definition) is 2. The van der Waals surface area contributed by atoms with Gasteiger partial charge in [-0.05, 0) is 33.2 Å². The number of hydrogen-bond acceptors (Lipinski definition) is 11. The van der Waals surface area contributed by atoms with Gasteiger partial charge in [0.15, 0.2) is 11.7 Å². The Morgan fingerprint density at radius 2 is 1.59 bits per heavy atom. The molecule has 0 saturated carbocycles. The summed E-state index contributed by atoms with van der Waals surface area (Å²) in [5, 5.41) is 13.7. The summed E-state index contributed by atoms with van der Waals surface area (Å²) >= 11 is 3.32. The lowest BCUT2D eigenvalue weighted by atomic mass is 10.4. The molecular formula is C18H27N7O4S3. The molecule has 1 aliphatic rings. The molecule has 0 atom stereocenters. The van der Waals surface area contributed by atoms with E-state index in [-0.39, 0.29) is 11.7 Å². The Balaban J connectivity index is 1.35. The summed E-state index contributed by atoms with van der Waals surface area (Å²) in [5.74, 6) is 5.26. The first kappa shape index (κ1) is 24.6. The van der Waals surface area contributed by atoms with Gasteiger partial charge in [0.05, 0.1) is 12.3 Å². The van der Waals surface area contributed by atoms with Crippen LogP contribution in [0.25, 0.3) is 0 Å². The third kappa shape index (κ3) is 7.83. The molecule has 3 heterocycles. The van der Waals surface area contributed by atoms with Crippen molar-refractivity contribution in [2.75, 3.05) is 38.7 Å². The molecule has 176 valence electrons. The molecule has 0 saturated heterocycles. The second kappa shape index (κ2) is 11.7. The van der Waals surface area contributed by atoms with E-state index in [0.717, 1.165) is 46.7 Å². The van der Waals surface area contributed by atoms with Gasteiger partial charge in [-0.1, -0.05) is 10.3 Å². The lowest BCUT2D eigenvalue weighted by Gasteiger charge is -2.09. The largest absolute Gasteiger partial charge is 0.464 e. The van der Waals surface area contributed by atoms with Crippen molar-refractivity contribution in [3.05, 3.63) is 35.0 Å². The van der Waals surface area contributed by atoms with Crippen molar-refractivity contribution in [2.45, 2.75) is 25.0 Å². The second-order valence-corrected chi connectivity index (χ2v) is 10.7. The van der Waals surface area contributed by atoms with Crippen LogP contribution in [0, 0.1) is 6.92 Å². The van der Waals surface area contributed by atoms with E-state index >= 15 is 0 Å². The average Bonchev–Trinajstić information content (AvgIpc) is 3.40. The Morgan fingerprint density at radius 1 is 0.969 bits per heavy atom. The number of aryl methyl sites for hydroxylation is 1. The van der Waals surface area contributed by atoms with Gasteiger partial charge >= 0.3 is 10.2 Å². The van der Waals surface area contributed by atoms with Crippen LogP contribution in [0.2, 0.25) is 0 Å². The van der Waals surface area contributed by atoms with Crippen molar-refractivity contribution in [1.29, 1.82) is 0 Å². The highest BCUT2D eigenvalue weighted by Gasteiger charge is 2.23. The maximum atomic E-state index is 11.8. The van der Waals surface area contributed by atoms with E-state index in [9.17, 15) is 8.42 Å². The molecule has 1 aliphatic heterocycles. The van der Waals surface area contributed by atoms with Crippen molar-refractivity contribution in [3.8, 4) is 0 Å². The molecule has 0 aliphatic carbocycles. The SMILES string of the molecule is Cc1nonc1CSCCNC1=NS(=O)(=O)N=C1NCCSCc1ccc(CN(C)C)o1. The second-order valence-electron chi connectivity index (χ2n) is 7.19. The van der Waals surface area contributed by atoms with Crippen LogP contribution in [0.15, 0.2) is 30.0 Å². The van der Waals surface area contributed by atoms with Gasteiger partial charge in [-0.25, -0.2) is 4.63 Å². The molecule has 0 fully saturated rings. The van der Waals surface area contributed by atoms with E-state index in [1.165, 1.54) is 0 Å². The van der Waals surface area contributed by atoms with Gasteiger partial charge in [0.2, 0.25) is 0 Å². The first-order valence-electron chi connectivity index (χ1n) is 9.91. The molecule has 3 rings (SSSR count). The third-order valence-corrected chi connectivity index (χ3v) is 6.91. The number of rotatable bonds is 12. The van der Waals surface area contributed by atoms with Gasteiger partial charge in [-0.3, -0.25) is 0 Å². The van der Waals surface area contributed by atoms with Crippen LogP contribution < -0.4 is 10.6 Å². The van der Waals surface area contributed by atoms with Gasteiger partial charge < -0.3 is 20.0 Å². The monoisotopic (exact) mass is 501 g/mol. The van der Waals surface area contributed by atoms with Crippen molar-refractivity contribution in [3.63, 3.8) is 0 Å². The summed E-state index contributed by atoms with van der Waals surface area (Å²) in [6, 6.07) is 3.97. The van der Waals surface area contributed by atoms with Crippen molar-refractivity contribution >= 4 is 45.4 Å². The van der Waals surface area contributed by atoms with Crippen LogP contribution in [0.3, 0.4) is 0 Å². The first-order valence-corrected chi connectivity index (χ1v) is 13.6. The Morgan fingerprint density at radius 3 is 2.19 bits per heavy atom. The van der Waals surface area contributed by atoms with E-state index in [4.69, 9.17) is 4.42 Å². The Kier molecular flexibility index (Phi) is 9.02. The Hall–Kier alpha value is -2.03. The summed E-state index contributed by atoms with van der Waals surface area (Å²) in [6.07, 6.45) is 0. The first-order chi connectivity index (χ1) is 15.3. The summed E-state index contributed by atoms with van der Waals surface area (Å²) < 4.78 is 41.4. The molecule has 0 aromatic carbocycles. The Labute approximate surface area is 196 Å². The fraction of sp³-hybridized carbons (Fsp3) is 0.556. The number of thioether (sulfide) groups is 2. The number of aromatic nitrogens is 2. The van der Waals surface area contributed by atoms with Gasteiger partial charge in [0.25, 0.3) is 0 Å². The van der Waals surface area contributed by atoms with E-state index in [1.807, 2.05) is 33.2 Å². The van der Waals surface area contributed by atoms with Gasteiger partial charge in [0.1, 0.15) is 22.9 Å². The van der Waals surface area contributed by atoms with Crippen LogP contribution in [0.1, 0.15) is 22.9 Å². The molecule has 0 amide bonds. The van der Waals surface area contributed by atoms with Crippen LogP contribution in [-0.4, -0.2) is 74.0 Å². The van der Waals surface area contributed by atoms with Crippen LogP contribution in [-0.2, 0) is 28.3 Å². The zero-order chi connectivity index (χ0) is 23.0.